The van der Waals surface area contributed by atoms with Gasteiger partial charge in [-0.2, -0.15) is 11.8 Å². The first-order valence-corrected chi connectivity index (χ1v) is 13.8. The summed E-state index contributed by atoms with van der Waals surface area (Å²) in [7, 11) is 0. The quantitative estimate of drug-likeness (QED) is 0.227. The zero-order valence-electron chi connectivity index (χ0n) is 21.7. The van der Waals surface area contributed by atoms with Gasteiger partial charge in [-0.15, -0.1) is 0 Å². The smallest absolute Gasteiger partial charge is 0.326 e. The third kappa shape index (κ3) is 7.61. The Labute approximate surface area is 226 Å². The fraction of sp³-hybridized carbons (Fsp3) is 0.357. The van der Waals surface area contributed by atoms with Crippen molar-refractivity contribution in [3.63, 3.8) is 0 Å². The molecule has 2 aromatic carbocycles. The molecule has 3 amide bonds. The van der Waals surface area contributed by atoms with Crippen LogP contribution in [0.5, 0.6) is 0 Å². The van der Waals surface area contributed by atoms with Gasteiger partial charge < -0.3 is 26.0 Å². The molecule has 0 spiro atoms. The molecule has 3 aromatic rings. The molecule has 38 heavy (non-hydrogen) atoms. The number of carbonyl (C=O) groups is 4. The molecule has 10 heteroatoms. The predicted molar refractivity (Wildman–Crippen MR) is 149 cm³/mol. The van der Waals surface area contributed by atoms with Crippen molar-refractivity contribution in [3.8, 4) is 0 Å². The summed E-state index contributed by atoms with van der Waals surface area (Å²) in [5, 5.41) is 18.8. The second-order valence-corrected chi connectivity index (χ2v) is 10.4. The molecule has 202 valence electrons. The Kier molecular flexibility index (Phi) is 10.3. The van der Waals surface area contributed by atoms with E-state index in [-0.39, 0.29) is 18.2 Å². The molecule has 1 heterocycles. The third-order valence-electron chi connectivity index (χ3n) is 6.23. The van der Waals surface area contributed by atoms with Crippen molar-refractivity contribution < 1.29 is 24.3 Å². The summed E-state index contributed by atoms with van der Waals surface area (Å²) < 4.78 is 0. The maximum Gasteiger partial charge on any atom is 0.326 e. The van der Waals surface area contributed by atoms with Crippen LogP contribution in [-0.2, 0) is 20.8 Å². The molecule has 1 aromatic heterocycles. The molecule has 5 N–H and O–H groups in total. The van der Waals surface area contributed by atoms with Crippen LogP contribution in [0.1, 0.15) is 36.2 Å². The number of aliphatic carboxylic acids is 1. The molecule has 0 aliphatic heterocycles. The highest BCUT2D eigenvalue weighted by atomic mass is 32.2. The van der Waals surface area contributed by atoms with E-state index in [0.717, 1.165) is 16.5 Å². The van der Waals surface area contributed by atoms with Crippen LogP contribution in [0, 0.1) is 5.92 Å². The maximum atomic E-state index is 13.2. The molecule has 0 bridgehead atoms. The van der Waals surface area contributed by atoms with Crippen molar-refractivity contribution in [3.05, 3.63) is 71.9 Å². The number of hydrogen-bond donors (Lipinski definition) is 5. The molecular formula is C28H34N4O5S. The lowest BCUT2D eigenvalue weighted by Gasteiger charge is -2.26. The third-order valence-corrected chi connectivity index (χ3v) is 6.87. The Hall–Kier alpha value is -3.79. The summed E-state index contributed by atoms with van der Waals surface area (Å²) in [4.78, 5) is 54.3. The standard InChI is InChI=1S/C28H34N4O5S/c1-17(2)24(32-26(34)22(13-14-38-3)30-25(33)18-9-5-4-6-10-18)27(35)31-23(28(36)37)15-19-16-29-21-12-8-7-11-20(19)21/h4-12,16-17,22-24,29H,13-15H2,1-3H3,(H,30,33)(H,31,35)(H,32,34)(H,36,37)/t22-,23-,24-/m0/s1. The molecule has 0 unspecified atom stereocenters. The molecule has 3 rings (SSSR count). The number of aromatic amines is 1. The van der Waals surface area contributed by atoms with Gasteiger partial charge in [-0.05, 0) is 48.1 Å². The number of H-pyrrole nitrogens is 1. The van der Waals surface area contributed by atoms with Gasteiger partial charge in [0.05, 0.1) is 0 Å². The lowest BCUT2D eigenvalue weighted by molar-refractivity contribution is -0.142. The summed E-state index contributed by atoms with van der Waals surface area (Å²) in [6.45, 7) is 3.53. The van der Waals surface area contributed by atoms with E-state index in [1.54, 1.807) is 50.4 Å². The van der Waals surface area contributed by atoms with Crippen molar-refractivity contribution in [2.24, 2.45) is 5.92 Å². The molecule has 0 radical (unpaired) electrons. The van der Waals surface area contributed by atoms with Crippen LogP contribution in [0.2, 0.25) is 0 Å². The molecular weight excluding hydrogens is 504 g/mol. The Morgan fingerprint density at radius 2 is 1.58 bits per heavy atom. The predicted octanol–water partition coefficient (Wildman–Crippen LogP) is 2.97. The van der Waals surface area contributed by atoms with Crippen molar-refractivity contribution in [2.45, 2.75) is 44.8 Å². The van der Waals surface area contributed by atoms with Crippen LogP contribution < -0.4 is 16.0 Å². The molecule has 0 aliphatic rings. The number of carboxylic acids is 1. The number of hydrogen-bond acceptors (Lipinski definition) is 5. The van der Waals surface area contributed by atoms with Gasteiger partial charge in [0.1, 0.15) is 18.1 Å². The number of fused-ring (bicyclic) bond motifs is 1. The number of thioether (sulfide) groups is 1. The van der Waals surface area contributed by atoms with Gasteiger partial charge in [-0.25, -0.2) is 4.79 Å². The van der Waals surface area contributed by atoms with Crippen LogP contribution in [-0.4, -0.2) is 63.9 Å². The summed E-state index contributed by atoms with van der Waals surface area (Å²) in [6, 6.07) is 13.1. The first kappa shape index (κ1) is 28.8. The van der Waals surface area contributed by atoms with E-state index in [0.29, 0.717) is 17.7 Å². The van der Waals surface area contributed by atoms with E-state index in [1.165, 1.54) is 11.8 Å². The number of rotatable bonds is 13. The van der Waals surface area contributed by atoms with E-state index in [2.05, 4.69) is 20.9 Å². The van der Waals surface area contributed by atoms with Gasteiger partial charge >= 0.3 is 5.97 Å². The molecule has 0 saturated carbocycles. The lowest BCUT2D eigenvalue weighted by Crippen LogP contribution is -2.57. The monoisotopic (exact) mass is 538 g/mol. The van der Waals surface area contributed by atoms with Gasteiger partial charge in [0, 0.05) is 29.1 Å². The van der Waals surface area contributed by atoms with Crippen LogP contribution in [0.15, 0.2) is 60.8 Å². The number of aromatic nitrogens is 1. The summed E-state index contributed by atoms with van der Waals surface area (Å²) in [5.74, 6) is -2.36. The van der Waals surface area contributed by atoms with Gasteiger partial charge in [0.25, 0.3) is 5.91 Å². The highest BCUT2D eigenvalue weighted by Crippen LogP contribution is 2.19. The van der Waals surface area contributed by atoms with E-state index in [9.17, 15) is 24.3 Å². The normalized spacial score (nSPS) is 13.5. The SMILES string of the molecule is CSCC[C@H](NC(=O)c1ccccc1)C(=O)N[C@H](C(=O)N[C@@H](Cc1c[nH]c2ccccc12)C(=O)O)C(C)C. The van der Waals surface area contributed by atoms with Crippen molar-refractivity contribution >= 4 is 46.4 Å². The van der Waals surface area contributed by atoms with Gasteiger partial charge in [0.15, 0.2) is 0 Å². The average Bonchev–Trinajstić information content (AvgIpc) is 3.31. The molecule has 0 aliphatic carbocycles. The second-order valence-electron chi connectivity index (χ2n) is 9.37. The summed E-state index contributed by atoms with van der Waals surface area (Å²) in [6.07, 6.45) is 4.09. The number of nitrogens with one attached hydrogen (secondary N) is 4. The maximum absolute atomic E-state index is 13.2. The lowest BCUT2D eigenvalue weighted by atomic mass is 10.0. The van der Waals surface area contributed by atoms with E-state index >= 15 is 0 Å². The number of carboxylic acid groups (broad SMARTS) is 1. The molecule has 3 atom stereocenters. The molecule has 9 nitrogen and oxygen atoms in total. The first-order chi connectivity index (χ1) is 18.2. The van der Waals surface area contributed by atoms with E-state index < -0.39 is 35.9 Å². The minimum atomic E-state index is -1.19. The minimum absolute atomic E-state index is 0.0767. The molecule has 0 saturated heterocycles. The highest BCUT2D eigenvalue weighted by molar-refractivity contribution is 7.98. The minimum Gasteiger partial charge on any atom is -0.480 e. The van der Waals surface area contributed by atoms with Crippen LogP contribution in [0.25, 0.3) is 10.9 Å². The zero-order chi connectivity index (χ0) is 27.7. The Bertz CT molecular complexity index is 1260. The summed E-state index contributed by atoms with van der Waals surface area (Å²) >= 11 is 1.54. The topological polar surface area (TPSA) is 140 Å². The molecule has 0 fully saturated rings. The fourth-order valence-electron chi connectivity index (χ4n) is 4.11. The van der Waals surface area contributed by atoms with Crippen molar-refractivity contribution in [2.75, 3.05) is 12.0 Å². The number of benzene rings is 2. The van der Waals surface area contributed by atoms with Crippen molar-refractivity contribution in [1.29, 1.82) is 0 Å². The fourth-order valence-corrected chi connectivity index (χ4v) is 4.58. The first-order valence-electron chi connectivity index (χ1n) is 12.4. The van der Waals surface area contributed by atoms with Crippen LogP contribution >= 0.6 is 11.8 Å². The van der Waals surface area contributed by atoms with Gasteiger partial charge in [-0.3, -0.25) is 14.4 Å². The van der Waals surface area contributed by atoms with E-state index in [4.69, 9.17) is 0 Å². The number of amides is 3. The van der Waals surface area contributed by atoms with Crippen LogP contribution in [0.3, 0.4) is 0 Å². The van der Waals surface area contributed by atoms with Crippen molar-refractivity contribution in [1.82, 2.24) is 20.9 Å². The van der Waals surface area contributed by atoms with Crippen LogP contribution in [0.4, 0.5) is 0 Å². The Morgan fingerprint density at radius 3 is 2.24 bits per heavy atom. The highest BCUT2D eigenvalue weighted by Gasteiger charge is 2.31. The summed E-state index contributed by atoms with van der Waals surface area (Å²) in [5.41, 5.74) is 2.06. The second kappa shape index (κ2) is 13.7. The zero-order valence-corrected chi connectivity index (χ0v) is 22.5. The van der Waals surface area contributed by atoms with Gasteiger partial charge in [-0.1, -0.05) is 50.2 Å². The largest absolute Gasteiger partial charge is 0.480 e. The average molecular weight is 539 g/mol. The number of carbonyl (C=O) groups excluding carboxylic acids is 3. The Balaban J connectivity index is 1.71. The number of para-hydroxylation sites is 1. The van der Waals surface area contributed by atoms with Gasteiger partial charge in [0.2, 0.25) is 11.8 Å². The van der Waals surface area contributed by atoms with E-state index in [1.807, 2.05) is 30.5 Å². The Morgan fingerprint density at radius 1 is 0.895 bits per heavy atom.